The molecule has 34 heavy (non-hydrogen) atoms. The highest BCUT2D eigenvalue weighted by molar-refractivity contribution is 9.10. The maximum atomic E-state index is 12.6. The summed E-state index contributed by atoms with van der Waals surface area (Å²) in [5.74, 6) is 0.740. The van der Waals surface area contributed by atoms with Crippen LogP contribution in [0.3, 0.4) is 0 Å². The molecule has 0 bridgehead atoms. The fraction of sp³-hybridized carbons (Fsp3) is 0.208. The summed E-state index contributed by atoms with van der Waals surface area (Å²) < 4.78 is 34.3. The topological polar surface area (TPSA) is 116 Å². The van der Waals surface area contributed by atoms with Crippen LogP contribution < -0.4 is 14.8 Å². The Balaban J connectivity index is 1.27. The summed E-state index contributed by atoms with van der Waals surface area (Å²) in [6.07, 6.45) is -0.806. The fourth-order valence-electron chi connectivity index (χ4n) is 3.48. The van der Waals surface area contributed by atoms with Crippen molar-refractivity contribution >= 4 is 42.5 Å². The first kappa shape index (κ1) is 24.2. The number of benzene rings is 3. The Kier molecular flexibility index (Phi) is 7.52. The zero-order valence-electron chi connectivity index (χ0n) is 18.5. The average Bonchev–Trinajstić information content (AvgIpc) is 3.18. The molecule has 1 atom stereocenters. The van der Waals surface area contributed by atoms with Gasteiger partial charge in [-0.25, -0.2) is 8.42 Å². The number of aliphatic hydroxyl groups is 1. The zero-order chi connectivity index (χ0) is 24.1. The first-order chi connectivity index (χ1) is 16.3. The zero-order valence-corrected chi connectivity index (χ0v) is 20.9. The van der Waals surface area contributed by atoms with Gasteiger partial charge in [0, 0.05) is 34.7 Å². The van der Waals surface area contributed by atoms with Crippen LogP contribution in [0.25, 0.3) is 10.9 Å². The maximum absolute atomic E-state index is 12.6. The summed E-state index contributed by atoms with van der Waals surface area (Å²) >= 11 is 3.28. The minimum Gasteiger partial charge on any atom is -0.492 e. The Hall–Kier alpha value is -2.92. The second-order valence-corrected chi connectivity index (χ2v) is 10.4. The van der Waals surface area contributed by atoms with E-state index in [4.69, 9.17) is 4.74 Å². The summed E-state index contributed by atoms with van der Waals surface area (Å²) in [5, 5.41) is 21.9. The lowest BCUT2D eigenvalue weighted by molar-refractivity contribution is 0.172. The van der Waals surface area contributed by atoms with Crippen LogP contribution in [0.15, 0.2) is 76.1 Å². The Morgan fingerprint density at radius 3 is 2.76 bits per heavy atom. The molecular weight excluding hydrogens is 520 g/mol. The van der Waals surface area contributed by atoms with E-state index in [1.807, 2.05) is 25.1 Å². The summed E-state index contributed by atoms with van der Waals surface area (Å²) in [4.78, 5) is 0.149. The molecule has 0 aliphatic carbocycles. The van der Waals surface area contributed by atoms with E-state index in [2.05, 4.69) is 36.2 Å². The van der Waals surface area contributed by atoms with Gasteiger partial charge >= 0.3 is 0 Å². The SMILES string of the molecule is Cc1n[nH]c2cc(OCCNC[C@H](O)c3cccc(NS(=O)(=O)c4cccc(Br)c4)c3)ccc12. The Morgan fingerprint density at radius 1 is 1.12 bits per heavy atom. The van der Waals surface area contributed by atoms with Crippen LogP contribution in [-0.2, 0) is 10.0 Å². The number of aryl methyl sites for hydroxylation is 1. The van der Waals surface area contributed by atoms with E-state index >= 15 is 0 Å². The number of hydrogen-bond donors (Lipinski definition) is 4. The van der Waals surface area contributed by atoms with Crippen LogP contribution >= 0.6 is 15.9 Å². The molecule has 8 nitrogen and oxygen atoms in total. The largest absolute Gasteiger partial charge is 0.492 e. The molecular formula is C24H25BrN4O4S. The number of anilines is 1. The maximum Gasteiger partial charge on any atom is 0.261 e. The lowest BCUT2D eigenvalue weighted by Crippen LogP contribution is -2.26. The fourth-order valence-corrected chi connectivity index (χ4v) is 5.13. The van der Waals surface area contributed by atoms with E-state index < -0.39 is 16.1 Å². The van der Waals surface area contributed by atoms with E-state index in [0.29, 0.717) is 35.4 Å². The summed E-state index contributed by atoms with van der Waals surface area (Å²) in [6, 6.07) is 19.0. The van der Waals surface area contributed by atoms with Gasteiger partial charge in [0.15, 0.2) is 0 Å². The number of aliphatic hydroxyl groups excluding tert-OH is 1. The molecule has 0 radical (unpaired) electrons. The molecule has 0 unspecified atom stereocenters. The number of hydrogen-bond acceptors (Lipinski definition) is 6. The van der Waals surface area contributed by atoms with Crippen molar-refractivity contribution in [2.45, 2.75) is 17.9 Å². The van der Waals surface area contributed by atoms with Crippen LogP contribution in [-0.4, -0.2) is 43.4 Å². The minimum absolute atomic E-state index is 0.149. The highest BCUT2D eigenvalue weighted by Gasteiger charge is 2.15. The average molecular weight is 545 g/mol. The molecule has 4 aromatic rings. The normalized spacial score (nSPS) is 12.6. The molecule has 1 heterocycles. The van der Waals surface area contributed by atoms with Gasteiger partial charge in [-0.2, -0.15) is 5.10 Å². The number of fused-ring (bicyclic) bond motifs is 1. The van der Waals surface area contributed by atoms with Crippen LogP contribution in [0, 0.1) is 6.92 Å². The molecule has 0 fully saturated rings. The molecule has 3 aromatic carbocycles. The standard InChI is InChI=1S/C24H25BrN4O4S/c1-16-22-9-8-20(14-23(22)28-27-16)33-11-10-26-15-24(30)17-4-2-6-19(12-17)29-34(31,32)21-7-3-5-18(25)13-21/h2-9,12-14,24,26,29-30H,10-11,15H2,1H3,(H,27,28)/t24-/m0/s1. The Bertz CT molecular complexity index is 1390. The molecule has 0 saturated heterocycles. The minimum atomic E-state index is -3.74. The van der Waals surface area contributed by atoms with E-state index in [9.17, 15) is 13.5 Å². The molecule has 4 rings (SSSR count). The third kappa shape index (κ3) is 5.95. The summed E-state index contributed by atoms with van der Waals surface area (Å²) in [5.41, 5.74) is 2.85. The van der Waals surface area contributed by atoms with Gasteiger partial charge in [-0.15, -0.1) is 0 Å². The van der Waals surface area contributed by atoms with Gasteiger partial charge in [0.1, 0.15) is 12.4 Å². The van der Waals surface area contributed by atoms with Crippen molar-refractivity contribution in [3.8, 4) is 5.75 Å². The van der Waals surface area contributed by atoms with Gasteiger partial charge in [0.25, 0.3) is 10.0 Å². The highest BCUT2D eigenvalue weighted by Crippen LogP contribution is 2.23. The number of sulfonamides is 1. The third-order valence-corrected chi connectivity index (χ3v) is 7.11. The van der Waals surface area contributed by atoms with Crippen molar-refractivity contribution in [1.82, 2.24) is 15.5 Å². The van der Waals surface area contributed by atoms with Gasteiger partial charge in [-0.3, -0.25) is 9.82 Å². The van der Waals surface area contributed by atoms with Crippen molar-refractivity contribution in [2.24, 2.45) is 0 Å². The molecule has 1 aromatic heterocycles. The lowest BCUT2D eigenvalue weighted by atomic mass is 10.1. The van der Waals surface area contributed by atoms with Crippen molar-refractivity contribution in [3.05, 3.63) is 82.5 Å². The van der Waals surface area contributed by atoms with Crippen molar-refractivity contribution < 1.29 is 18.3 Å². The Labute approximate surface area is 206 Å². The summed E-state index contributed by atoms with van der Waals surface area (Å²) in [6.45, 7) is 3.20. The van der Waals surface area contributed by atoms with Crippen LogP contribution in [0.5, 0.6) is 5.75 Å². The number of aromatic nitrogens is 2. The highest BCUT2D eigenvalue weighted by atomic mass is 79.9. The second kappa shape index (κ2) is 10.6. The van der Waals surface area contributed by atoms with Gasteiger partial charge in [-0.05, 0) is 55.0 Å². The number of halogens is 1. The van der Waals surface area contributed by atoms with E-state index in [1.165, 1.54) is 12.1 Å². The third-order valence-electron chi connectivity index (χ3n) is 5.24. The van der Waals surface area contributed by atoms with Crippen LogP contribution in [0.1, 0.15) is 17.4 Å². The van der Waals surface area contributed by atoms with E-state index in [1.54, 1.807) is 36.4 Å². The molecule has 178 valence electrons. The quantitative estimate of drug-likeness (QED) is 0.223. The van der Waals surface area contributed by atoms with Crippen molar-refractivity contribution in [3.63, 3.8) is 0 Å². The van der Waals surface area contributed by atoms with Gasteiger partial charge in [-0.1, -0.05) is 34.1 Å². The molecule has 10 heteroatoms. The smallest absolute Gasteiger partial charge is 0.261 e. The van der Waals surface area contributed by atoms with Gasteiger partial charge in [0.2, 0.25) is 0 Å². The lowest BCUT2D eigenvalue weighted by Gasteiger charge is -2.15. The monoisotopic (exact) mass is 544 g/mol. The van der Waals surface area contributed by atoms with Crippen molar-refractivity contribution in [2.75, 3.05) is 24.4 Å². The van der Waals surface area contributed by atoms with E-state index in [-0.39, 0.29) is 4.90 Å². The number of nitrogens with one attached hydrogen (secondary N) is 3. The van der Waals surface area contributed by atoms with Gasteiger partial charge in [0.05, 0.1) is 22.2 Å². The Morgan fingerprint density at radius 2 is 1.94 bits per heavy atom. The predicted molar refractivity (Wildman–Crippen MR) is 136 cm³/mol. The predicted octanol–water partition coefficient (Wildman–Crippen LogP) is 4.14. The number of ether oxygens (including phenoxy) is 1. The van der Waals surface area contributed by atoms with Gasteiger partial charge < -0.3 is 15.2 Å². The first-order valence-corrected chi connectivity index (χ1v) is 12.9. The van der Waals surface area contributed by atoms with Crippen LogP contribution in [0.2, 0.25) is 0 Å². The molecule has 0 spiro atoms. The number of rotatable bonds is 10. The number of aromatic amines is 1. The molecule has 0 aliphatic rings. The summed E-state index contributed by atoms with van der Waals surface area (Å²) in [7, 11) is -3.74. The van der Waals surface area contributed by atoms with Crippen LogP contribution in [0.4, 0.5) is 5.69 Å². The molecule has 0 saturated carbocycles. The molecule has 0 aliphatic heterocycles. The number of H-pyrrole nitrogens is 1. The second-order valence-electron chi connectivity index (χ2n) is 7.77. The number of nitrogens with zero attached hydrogens (tertiary/aromatic N) is 1. The van der Waals surface area contributed by atoms with Crippen molar-refractivity contribution in [1.29, 1.82) is 0 Å². The molecule has 0 amide bonds. The molecule has 4 N–H and O–H groups in total. The van der Waals surface area contributed by atoms with E-state index in [0.717, 1.165) is 22.3 Å². The first-order valence-electron chi connectivity index (χ1n) is 10.7.